The molecule has 0 spiro atoms. The van der Waals surface area contributed by atoms with Crippen molar-refractivity contribution >= 4 is 34.9 Å². The fourth-order valence-corrected chi connectivity index (χ4v) is 6.07. The van der Waals surface area contributed by atoms with E-state index in [-0.39, 0.29) is 36.3 Å². The number of rotatable bonds is 6. The van der Waals surface area contributed by atoms with Gasteiger partial charge >= 0.3 is 6.09 Å². The van der Waals surface area contributed by atoms with Gasteiger partial charge in [0.25, 0.3) is 5.91 Å². The van der Waals surface area contributed by atoms with Crippen LogP contribution in [0, 0.1) is 11.8 Å². The molecule has 0 saturated heterocycles. The van der Waals surface area contributed by atoms with Crippen molar-refractivity contribution in [1.82, 2.24) is 4.90 Å². The molecule has 13 heteroatoms. The Morgan fingerprint density at radius 2 is 1.88 bits per heavy atom. The maximum atomic E-state index is 13.9. The van der Waals surface area contributed by atoms with Crippen LogP contribution in [-0.4, -0.2) is 95.3 Å². The molecule has 1 aromatic rings. The van der Waals surface area contributed by atoms with Crippen LogP contribution in [0.4, 0.5) is 16.2 Å². The summed E-state index contributed by atoms with van der Waals surface area (Å²) in [6.45, 7) is 3.36. The standard InChI is InChI=1S/C27H32N4O9/c1-6-7-40-26(38)29-14-10-15(30(2)3)12-8-11-9-13-19(31(4)5)22(34)18(25(28)37)24(36)27(13,39)23(35)16(11)21(33)17(12)20(14)32/h6,10-11,13,19,32,34-35,39H,1,7-9H2,2-5H3,(H2,28,37)(H,29,38). The van der Waals surface area contributed by atoms with Crippen molar-refractivity contribution in [2.45, 2.75) is 24.5 Å². The van der Waals surface area contributed by atoms with Crippen LogP contribution in [0.25, 0.3) is 0 Å². The summed E-state index contributed by atoms with van der Waals surface area (Å²) in [5.41, 5.74) is 1.97. The first-order valence-electron chi connectivity index (χ1n) is 12.4. The molecule has 4 unspecified atom stereocenters. The average molecular weight is 557 g/mol. The topological polar surface area (TPSA) is 203 Å². The third kappa shape index (κ3) is 4.09. The number of aliphatic hydroxyl groups excluding tert-OH is 2. The lowest BCUT2D eigenvalue weighted by Crippen LogP contribution is -2.63. The number of nitrogens with two attached hydrogens (primary N) is 1. The number of nitrogens with zero attached hydrogens (tertiary/aromatic N) is 2. The zero-order valence-electron chi connectivity index (χ0n) is 22.5. The van der Waals surface area contributed by atoms with Gasteiger partial charge in [-0.1, -0.05) is 12.7 Å². The Hall–Kier alpha value is -4.36. The highest BCUT2D eigenvalue weighted by Crippen LogP contribution is 2.53. The van der Waals surface area contributed by atoms with Crippen LogP contribution >= 0.6 is 0 Å². The molecule has 0 saturated carbocycles. The van der Waals surface area contributed by atoms with Gasteiger partial charge in [-0.05, 0) is 44.5 Å². The normalized spacial score (nSPS) is 25.7. The van der Waals surface area contributed by atoms with Crippen molar-refractivity contribution in [3.05, 3.63) is 52.5 Å². The number of Topliss-reactive ketones (excluding diaryl/α,β-unsaturated/α-hetero) is 2. The summed E-state index contributed by atoms with van der Waals surface area (Å²) < 4.78 is 4.91. The molecule has 0 fully saturated rings. The summed E-state index contributed by atoms with van der Waals surface area (Å²) >= 11 is 0. The zero-order valence-corrected chi connectivity index (χ0v) is 22.5. The third-order valence-corrected chi connectivity index (χ3v) is 7.75. The number of hydrogen-bond acceptors (Lipinski definition) is 11. The molecule has 0 radical (unpaired) electrons. The molecule has 3 aliphatic carbocycles. The van der Waals surface area contributed by atoms with Crippen LogP contribution in [0.5, 0.6) is 5.75 Å². The highest BCUT2D eigenvalue weighted by atomic mass is 16.5. The van der Waals surface area contributed by atoms with Gasteiger partial charge in [0.2, 0.25) is 5.78 Å². The maximum Gasteiger partial charge on any atom is 0.412 e. The molecule has 0 aliphatic heterocycles. The van der Waals surface area contributed by atoms with Gasteiger partial charge in [-0.15, -0.1) is 0 Å². The lowest BCUT2D eigenvalue weighted by molar-refractivity contribution is -0.148. The molecule has 214 valence electrons. The number of carbonyl (C=O) groups is 4. The highest BCUT2D eigenvalue weighted by molar-refractivity contribution is 6.25. The number of likely N-dealkylation sites (N-methyl/N-ethyl adjacent to an activating group) is 1. The van der Waals surface area contributed by atoms with Crippen molar-refractivity contribution in [2.75, 3.05) is 45.0 Å². The second-order valence-corrected chi connectivity index (χ2v) is 10.5. The molecule has 0 heterocycles. The summed E-state index contributed by atoms with van der Waals surface area (Å²) in [5.74, 6) is -7.53. The molecule has 7 N–H and O–H groups in total. The number of amides is 2. The number of aromatic hydroxyl groups is 1. The van der Waals surface area contributed by atoms with Gasteiger partial charge in [-0.3, -0.25) is 24.6 Å². The number of phenols is 1. The van der Waals surface area contributed by atoms with Crippen LogP contribution in [0.15, 0.2) is 41.4 Å². The average Bonchev–Trinajstić information content (AvgIpc) is 2.85. The van der Waals surface area contributed by atoms with E-state index >= 15 is 0 Å². The summed E-state index contributed by atoms with van der Waals surface area (Å²) in [5, 5.41) is 47.5. The SMILES string of the molecule is C=CCOC(=O)Nc1cc(N(C)C)c2c(c1O)C(=O)C1=C(O)C3(O)C(=O)C(C(N)=O)=C(O)C(N(C)C)C3CC1C2. The Kier molecular flexibility index (Phi) is 7.15. The van der Waals surface area contributed by atoms with Gasteiger partial charge in [-0.25, -0.2) is 4.79 Å². The van der Waals surface area contributed by atoms with E-state index in [2.05, 4.69) is 11.9 Å². The van der Waals surface area contributed by atoms with E-state index in [1.165, 1.54) is 17.0 Å². The van der Waals surface area contributed by atoms with E-state index in [0.717, 1.165) is 0 Å². The van der Waals surface area contributed by atoms with Crippen LogP contribution in [0.2, 0.25) is 0 Å². The van der Waals surface area contributed by atoms with E-state index in [1.807, 2.05) is 0 Å². The molecule has 4 atom stereocenters. The number of phenolic OH excluding ortho intramolecular Hbond substituents is 1. The number of benzene rings is 1. The number of fused-ring (bicyclic) bond motifs is 3. The summed E-state index contributed by atoms with van der Waals surface area (Å²) in [7, 11) is 6.53. The van der Waals surface area contributed by atoms with Crippen LogP contribution < -0.4 is 16.0 Å². The van der Waals surface area contributed by atoms with Gasteiger partial charge in [0.1, 0.15) is 23.7 Å². The Morgan fingerprint density at radius 3 is 2.42 bits per heavy atom. The number of primary amides is 1. The molecule has 13 nitrogen and oxygen atoms in total. The second-order valence-electron chi connectivity index (χ2n) is 10.5. The first-order chi connectivity index (χ1) is 18.7. The van der Waals surface area contributed by atoms with Gasteiger partial charge in [0.05, 0.1) is 17.3 Å². The minimum absolute atomic E-state index is 0.0345. The number of carbonyl (C=O) groups excluding carboxylic acids is 4. The van der Waals surface area contributed by atoms with Gasteiger partial charge in [0.15, 0.2) is 17.1 Å². The number of hydrogen-bond donors (Lipinski definition) is 6. The van der Waals surface area contributed by atoms with Crippen LogP contribution in [-0.2, 0) is 20.7 Å². The molecular formula is C27H32N4O9. The summed E-state index contributed by atoms with van der Waals surface area (Å²) in [6, 6.07) is 0.394. The van der Waals surface area contributed by atoms with E-state index in [0.29, 0.717) is 11.3 Å². The van der Waals surface area contributed by atoms with Crippen LogP contribution in [0.3, 0.4) is 0 Å². The molecule has 0 aromatic heterocycles. The van der Waals surface area contributed by atoms with Crippen molar-refractivity contribution in [2.24, 2.45) is 17.6 Å². The highest BCUT2D eigenvalue weighted by Gasteiger charge is 2.63. The van der Waals surface area contributed by atoms with Crippen molar-refractivity contribution in [1.29, 1.82) is 0 Å². The summed E-state index contributed by atoms with van der Waals surface area (Å²) in [4.78, 5) is 54.8. The number of anilines is 2. The quantitative estimate of drug-likeness (QED) is 0.165. The van der Waals surface area contributed by atoms with E-state index < -0.39 is 69.9 Å². The Bertz CT molecular complexity index is 1410. The van der Waals surface area contributed by atoms with E-state index in [4.69, 9.17) is 10.5 Å². The minimum Gasteiger partial charge on any atom is -0.510 e. The zero-order chi connectivity index (χ0) is 29.8. The van der Waals surface area contributed by atoms with Gasteiger partial charge in [0, 0.05) is 31.3 Å². The number of nitrogens with one attached hydrogen (secondary N) is 1. The fourth-order valence-electron chi connectivity index (χ4n) is 6.07. The largest absolute Gasteiger partial charge is 0.510 e. The molecule has 0 bridgehead atoms. The number of aliphatic hydroxyl groups is 3. The van der Waals surface area contributed by atoms with Crippen molar-refractivity contribution in [3.63, 3.8) is 0 Å². The number of ether oxygens (including phenoxy) is 1. The van der Waals surface area contributed by atoms with Crippen molar-refractivity contribution < 1.29 is 44.3 Å². The van der Waals surface area contributed by atoms with Gasteiger partial charge < -0.3 is 35.8 Å². The van der Waals surface area contributed by atoms with E-state index in [9.17, 15) is 39.6 Å². The fraction of sp³-hybridized carbons (Fsp3) is 0.407. The van der Waals surface area contributed by atoms with Crippen molar-refractivity contribution in [3.8, 4) is 5.75 Å². The molecular weight excluding hydrogens is 524 g/mol. The van der Waals surface area contributed by atoms with E-state index in [1.54, 1.807) is 33.1 Å². The predicted octanol–water partition coefficient (Wildman–Crippen LogP) is 0.921. The molecule has 2 amide bonds. The predicted molar refractivity (Wildman–Crippen MR) is 143 cm³/mol. The molecule has 40 heavy (non-hydrogen) atoms. The number of ketones is 2. The first kappa shape index (κ1) is 28.6. The molecule has 3 aliphatic rings. The maximum absolute atomic E-state index is 13.9. The lowest BCUT2D eigenvalue weighted by Gasteiger charge is -2.50. The third-order valence-electron chi connectivity index (χ3n) is 7.75. The summed E-state index contributed by atoms with van der Waals surface area (Å²) in [6.07, 6.45) is 0.513. The monoisotopic (exact) mass is 556 g/mol. The Morgan fingerprint density at radius 1 is 1.23 bits per heavy atom. The molecule has 1 aromatic carbocycles. The molecule has 4 rings (SSSR count). The number of allylic oxidation sites excluding steroid dienone is 1. The Balaban J connectivity index is 1.92. The second kappa shape index (κ2) is 9.99. The van der Waals surface area contributed by atoms with Crippen LogP contribution in [0.1, 0.15) is 22.3 Å². The van der Waals surface area contributed by atoms with Gasteiger partial charge in [-0.2, -0.15) is 0 Å². The minimum atomic E-state index is -2.74. The Labute approximate surface area is 229 Å². The first-order valence-corrected chi connectivity index (χ1v) is 12.4. The smallest absolute Gasteiger partial charge is 0.412 e. The lowest BCUT2D eigenvalue weighted by atomic mass is 9.58.